The number of fused-ring (bicyclic) bond motifs is 4. The molecule has 0 amide bonds. The van der Waals surface area contributed by atoms with Gasteiger partial charge in [-0.25, -0.2) is 0 Å². The van der Waals surface area contributed by atoms with Crippen molar-refractivity contribution in [1.29, 1.82) is 0 Å². The molecule has 8 heteroatoms. The largest absolute Gasteiger partial charge is 0.412 e. The number of benzene rings is 1. The number of nitrogens with two attached hydrogens (primary N) is 4. The molecule has 1 aromatic carbocycles. The maximum Gasteiger partial charge on any atom is 0.194 e. The van der Waals surface area contributed by atoms with E-state index in [0.29, 0.717) is 47.2 Å². The zero-order chi connectivity index (χ0) is 18.3. The van der Waals surface area contributed by atoms with Gasteiger partial charge in [0.05, 0.1) is 0 Å². The van der Waals surface area contributed by atoms with Crippen molar-refractivity contribution in [2.24, 2.45) is 41.3 Å². The third-order valence-corrected chi connectivity index (χ3v) is 6.16. The van der Waals surface area contributed by atoms with Crippen molar-refractivity contribution in [2.45, 2.75) is 32.1 Å². The van der Waals surface area contributed by atoms with Crippen LogP contribution in [0.3, 0.4) is 0 Å². The summed E-state index contributed by atoms with van der Waals surface area (Å²) in [4.78, 5) is 20.0. The summed E-state index contributed by atoms with van der Waals surface area (Å²) >= 11 is 0. The van der Waals surface area contributed by atoms with Gasteiger partial charge in [0.1, 0.15) is 0 Å². The molecule has 8 nitrogen and oxygen atoms in total. The smallest absolute Gasteiger partial charge is 0.194 e. The number of hydrogen-bond donors (Lipinski definition) is 4. The quantitative estimate of drug-likeness (QED) is 0.588. The molecule has 3 aliphatic carbocycles. The van der Waals surface area contributed by atoms with E-state index in [-0.39, 0.29) is 0 Å². The Hall–Kier alpha value is -2.26. The fourth-order valence-electron chi connectivity index (χ4n) is 4.93. The highest BCUT2D eigenvalue weighted by molar-refractivity contribution is 5.52. The van der Waals surface area contributed by atoms with Gasteiger partial charge in [-0.2, -0.15) is 23.6 Å². The topological polar surface area (TPSA) is 141 Å². The van der Waals surface area contributed by atoms with E-state index in [0.717, 1.165) is 31.2 Å². The Balaban J connectivity index is 1.67. The molecule has 0 heterocycles. The van der Waals surface area contributed by atoms with E-state index in [4.69, 9.17) is 42.9 Å². The second-order valence-corrected chi connectivity index (χ2v) is 7.19. The van der Waals surface area contributed by atoms with Crippen molar-refractivity contribution in [3.05, 3.63) is 46.4 Å². The summed E-state index contributed by atoms with van der Waals surface area (Å²) in [7, 11) is 0. The average Bonchev–Trinajstić information content (AvgIpc) is 2.70. The van der Waals surface area contributed by atoms with Gasteiger partial charge in [0.25, 0.3) is 0 Å². The number of hydrogen-bond acceptors (Lipinski definition) is 8. The molecule has 26 heavy (non-hydrogen) atoms. The summed E-state index contributed by atoms with van der Waals surface area (Å²) in [5, 5.41) is 0. The van der Waals surface area contributed by atoms with Crippen LogP contribution in [0.25, 0.3) is 0 Å². The molecule has 8 N–H and O–H groups in total. The molecule has 4 rings (SSSR count). The molecule has 0 aliphatic heterocycles. The SMILES string of the molecule is NOC1=C(ON)CC2C(=C1)CCC1Cc3c(ccc(ON)c3ON)CC12. The Morgan fingerprint density at radius 1 is 0.885 bits per heavy atom. The van der Waals surface area contributed by atoms with E-state index in [9.17, 15) is 0 Å². The Morgan fingerprint density at radius 3 is 2.42 bits per heavy atom. The first-order valence-corrected chi connectivity index (χ1v) is 8.75. The Kier molecular flexibility index (Phi) is 4.49. The van der Waals surface area contributed by atoms with Gasteiger partial charge in [0.2, 0.25) is 0 Å². The second-order valence-electron chi connectivity index (χ2n) is 7.19. The molecule has 1 saturated carbocycles. The van der Waals surface area contributed by atoms with Gasteiger partial charge >= 0.3 is 0 Å². The summed E-state index contributed by atoms with van der Waals surface area (Å²) in [5.41, 5.74) is 3.67. The van der Waals surface area contributed by atoms with Crippen LogP contribution in [0.4, 0.5) is 0 Å². The van der Waals surface area contributed by atoms with Crippen molar-refractivity contribution in [1.82, 2.24) is 0 Å². The van der Waals surface area contributed by atoms with Crippen LogP contribution in [-0.4, -0.2) is 0 Å². The second kappa shape index (κ2) is 6.81. The van der Waals surface area contributed by atoms with Crippen molar-refractivity contribution < 1.29 is 19.4 Å². The van der Waals surface area contributed by atoms with Gasteiger partial charge < -0.3 is 19.4 Å². The highest BCUT2D eigenvalue weighted by Crippen LogP contribution is 2.51. The zero-order valence-corrected chi connectivity index (χ0v) is 14.4. The third-order valence-electron chi connectivity index (χ3n) is 6.16. The molecule has 3 unspecified atom stereocenters. The minimum absolute atomic E-state index is 0.368. The lowest BCUT2D eigenvalue weighted by Crippen LogP contribution is -2.38. The summed E-state index contributed by atoms with van der Waals surface area (Å²) in [5.74, 6) is 25.1. The van der Waals surface area contributed by atoms with Crippen LogP contribution in [0, 0.1) is 17.8 Å². The fraction of sp³-hybridized carbons (Fsp3) is 0.444. The summed E-state index contributed by atoms with van der Waals surface area (Å²) in [6, 6.07) is 3.85. The Morgan fingerprint density at radius 2 is 1.73 bits per heavy atom. The Bertz CT molecular complexity index is 777. The van der Waals surface area contributed by atoms with Crippen LogP contribution in [0.15, 0.2) is 35.3 Å². The van der Waals surface area contributed by atoms with Crippen LogP contribution in [0.5, 0.6) is 11.5 Å². The predicted octanol–water partition coefficient (Wildman–Crippen LogP) is 1.25. The summed E-state index contributed by atoms with van der Waals surface area (Å²) in [6.07, 6.45) is 6.59. The third kappa shape index (κ3) is 2.62. The lowest BCUT2D eigenvalue weighted by molar-refractivity contribution is 0.116. The normalized spacial score (nSPS) is 26.9. The standard InChI is InChI=1S/C18H24N4O4/c19-23-15-4-3-10-5-12-9(6-14(10)18(15)26-22)1-2-11-7-16(24-20)17(25-21)8-13(11)12/h3-4,7,9,12-13H,1-2,5-6,8,19-22H2. The van der Waals surface area contributed by atoms with Crippen molar-refractivity contribution in [3.63, 3.8) is 0 Å². The van der Waals surface area contributed by atoms with Gasteiger partial charge in [0.15, 0.2) is 23.0 Å². The first kappa shape index (κ1) is 17.2. The molecule has 3 aliphatic rings. The minimum Gasteiger partial charge on any atom is -0.412 e. The number of allylic oxidation sites excluding steroid dienone is 3. The van der Waals surface area contributed by atoms with Crippen LogP contribution < -0.4 is 33.3 Å². The van der Waals surface area contributed by atoms with E-state index in [1.54, 1.807) is 6.07 Å². The Labute approximate surface area is 151 Å². The van der Waals surface area contributed by atoms with Crippen molar-refractivity contribution in [2.75, 3.05) is 0 Å². The van der Waals surface area contributed by atoms with Gasteiger partial charge in [-0.1, -0.05) is 11.6 Å². The molecule has 0 aromatic heterocycles. The maximum absolute atomic E-state index is 5.48. The zero-order valence-electron chi connectivity index (χ0n) is 14.4. The molecular formula is C18H24N4O4. The van der Waals surface area contributed by atoms with E-state index < -0.39 is 0 Å². The lowest BCUT2D eigenvalue weighted by atomic mass is 9.60. The monoisotopic (exact) mass is 360 g/mol. The van der Waals surface area contributed by atoms with Crippen molar-refractivity contribution >= 4 is 0 Å². The molecule has 0 saturated heterocycles. The first-order valence-electron chi connectivity index (χ1n) is 8.75. The molecule has 3 atom stereocenters. The molecule has 0 bridgehead atoms. The van der Waals surface area contributed by atoms with E-state index in [1.807, 2.05) is 12.1 Å². The molecular weight excluding hydrogens is 336 g/mol. The summed E-state index contributed by atoms with van der Waals surface area (Å²) < 4.78 is 0. The van der Waals surface area contributed by atoms with Crippen LogP contribution >= 0.6 is 0 Å². The lowest BCUT2D eigenvalue weighted by Gasteiger charge is -2.45. The fourth-order valence-corrected chi connectivity index (χ4v) is 4.93. The summed E-state index contributed by atoms with van der Waals surface area (Å²) in [6.45, 7) is 0. The first-order chi connectivity index (χ1) is 12.7. The highest BCUT2D eigenvalue weighted by atomic mass is 16.7. The van der Waals surface area contributed by atoms with E-state index in [2.05, 4.69) is 0 Å². The molecule has 0 radical (unpaired) electrons. The predicted molar refractivity (Wildman–Crippen MR) is 93.5 cm³/mol. The maximum atomic E-state index is 5.48. The average molecular weight is 360 g/mol. The molecule has 0 spiro atoms. The van der Waals surface area contributed by atoms with Crippen LogP contribution in [0.2, 0.25) is 0 Å². The van der Waals surface area contributed by atoms with Gasteiger partial charge in [-0.05, 0) is 61.1 Å². The molecule has 1 aromatic rings. The molecule has 140 valence electrons. The number of rotatable bonds is 4. The minimum atomic E-state index is 0.368. The van der Waals surface area contributed by atoms with E-state index in [1.165, 1.54) is 11.1 Å². The van der Waals surface area contributed by atoms with Gasteiger partial charge in [0, 0.05) is 12.0 Å². The van der Waals surface area contributed by atoms with Crippen LogP contribution in [-0.2, 0) is 22.5 Å². The van der Waals surface area contributed by atoms with E-state index >= 15 is 0 Å². The molecule has 1 fully saturated rings. The van der Waals surface area contributed by atoms with Crippen LogP contribution in [0.1, 0.15) is 30.4 Å². The van der Waals surface area contributed by atoms with Gasteiger partial charge in [-0.3, -0.25) is 0 Å². The van der Waals surface area contributed by atoms with Crippen molar-refractivity contribution in [3.8, 4) is 11.5 Å². The highest BCUT2D eigenvalue weighted by Gasteiger charge is 2.42. The van der Waals surface area contributed by atoms with Gasteiger partial charge in [-0.15, -0.1) is 0 Å².